The molecule has 1 aromatic carbocycles. The number of halogens is 1. The van der Waals surface area contributed by atoms with Gasteiger partial charge in [-0.05, 0) is 61.4 Å². The van der Waals surface area contributed by atoms with Crippen LogP contribution in [0, 0.1) is 11.7 Å². The van der Waals surface area contributed by atoms with Crippen LogP contribution in [0.1, 0.15) is 63.1 Å². The Kier molecular flexibility index (Phi) is 8.38. The number of rotatable bonds is 7. The van der Waals surface area contributed by atoms with E-state index in [9.17, 15) is 14.3 Å². The summed E-state index contributed by atoms with van der Waals surface area (Å²) in [6.45, 7) is 13.9. The average Bonchev–Trinajstić information content (AvgIpc) is 3.17. The van der Waals surface area contributed by atoms with Crippen LogP contribution < -0.4 is 4.90 Å². The standard InChI is InChI=1S/C31H43FN4O3/c1-21-5-10-26(16-34-11-12-39-19-22(34)2)35(15-21)17-29(38)36-20-31(3,4)30-28(36)14-24(27(18-37)33-30)13-23-6-8-25(32)9-7-23/h6-9,14,21-22,26,37H,5,10-13,15-20H2,1-4H3/t21-,22-,26-/m1/s1. The van der Waals surface area contributed by atoms with Crippen molar-refractivity contribution in [2.45, 2.75) is 71.1 Å². The van der Waals surface area contributed by atoms with E-state index in [2.05, 4.69) is 37.5 Å². The van der Waals surface area contributed by atoms with Gasteiger partial charge in [-0.2, -0.15) is 0 Å². The van der Waals surface area contributed by atoms with Crippen molar-refractivity contribution in [3.05, 3.63) is 58.7 Å². The molecule has 212 valence electrons. The predicted molar refractivity (Wildman–Crippen MR) is 150 cm³/mol. The third-order valence-electron chi connectivity index (χ3n) is 8.76. The fourth-order valence-electron chi connectivity index (χ4n) is 6.44. The fourth-order valence-corrected chi connectivity index (χ4v) is 6.44. The molecule has 3 atom stereocenters. The lowest BCUT2D eigenvalue weighted by Gasteiger charge is -2.43. The molecule has 1 aromatic heterocycles. The lowest BCUT2D eigenvalue weighted by molar-refractivity contribution is -0.121. The first-order valence-corrected chi connectivity index (χ1v) is 14.4. The quantitative estimate of drug-likeness (QED) is 0.579. The van der Waals surface area contributed by atoms with Gasteiger partial charge in [0.25, 0.3) is 0 Å². The van der Waals surface area contributed by atoms with Crippen molar-refractivity contribution in [1.29, 1.82) is 0 Å². The number of anilines is 1. The van der Waals surface area contributed by atoms with Crippen molar-refractivity contribution in [3.63, 3.8) is 0 Å². The van der Waals surface area contributed by atoms with Crippen LogP contribution in [0.3, 0.4) is 0 Å². The highest BCUT2D eigenvalue weighted by atomic mass is 19.1. The number of hydrogen-bond donors (Lipinski definition) is 1. The van der Waals surface area contributed by atoms with Gasteiger partial charge in [0.05, 0.1) is 43.4 Å². The van der Waals surface area contributed by atoms with Crippen molar-refractivity contribution >= 4 is 11.6 Å². The third kappa shape index (κ3) is 6.19. The lowest BCUT2D eigenvalue weighted by Crippen LogP contribution is -2.55. The van der Waals surface area contributed by atoms with Gasteiger partial charge in [0, 0.05) is 43.7 Å². The number of fused-ring (bicyclic) bond motifs is 1. The molecule has 3 aliphatic heterocycles. The van der Waals surface area contributed by atoms with Crippen molar-refractivity contribution in [2.75, 3.05) is 50.8 Å². The molecule has 0 radical (unpaired) electrons. The maximum absolute atomic E-state index is 14.0. The Morgan fingerprint density at radius 1 is 1.18 bits per heavy atom. The Hall–Kier alpha value is -2.39. The zero-order chi connectivity index (χ0) is 27.7. The highest BCUT2D eigenvalue weighted by Gasteiger charge is 2.41. The van der Waals surface area contributed by atoms with E-state index < -0.39 is 0 Å². The van der Waals surface area contributed by atoms with Crippen molar-refractivity contribution < 1.29 is 19.0 Å². The maximum atomic E-state index is 14.0. The second-order valence-corrected chi connectivity index (χ2v) is 12.5. The van der Waals surface area contributed by atoms with E-state index in [0.717, 1.165) is 61.8 Å². The minimum atomic E-state index is -0.318. The Morgan fingerprint density at radius 3 is 2.67 bits per heavy atom. The molecule has 2 aromatic rings. The first kappa shape index (κ1) is 28.1. The summed E-state index contributed by atoms with van der Waals surface area (Å²) in [6, 6.07) is 9.17. The normalized spacial score (nSPS) is 25.6. The first-order valence-electron chi connectivity index (χ1n) is 14.4. The molecule has 4 heterocycles. The molecule has 1 N–H and O–H groups in total. The minimum Gasteiger partial charge on any atom is -0.390 e. The van der Waals surface area contributed by atoms with Gasteiger partial charge in [-0.15, -0.1) is 0 Å². The van der Waals surface area contributed by atoms with Gasteiger partial charge in [-0.25, -0.2) is 4.39 Å². The van der Waals surface area contributed by atoms with Gasteiger partial charge in [0.2, 0.25) is 5.91 Å². The van der Waals surface area contributed by atoms with E-state index in [4.69, 9.17) is 9.72 Å². The van der Waals surface area contributed by atoms with Gasteiger partial charge in [0.15, 0.2) is 0 Å². The van der Waals surface area contributed by atoms with Crippen molar-refractivity contribution in [2.24, 2.45) is 5.92 Å². The molecule has 1 amide bonds. The number of amides is 1. The van der Waals surface area contributed by atoms with Gasteiger partial charge in [-0.3, -0.25) is 19.6 Å². The summed E-state index contributed by atoms with van der Waals surface area (Å²) in [5.41, 5.74) is 3.79. The topological polar surface area (TPSA) is 69.1 Å². The van der Waals surface area contributed by atoms with Crippen LogP contribution in [0.25, 0.3) is 0 Å². The van der Waals surface area contributed by atoms with Crippen LogP contribution in [-0.2, 0) is 28.0 Å². The summed E-state index contributed by atoms with van der Waals surface area (Å²) in [7, 11) is 0. The number of carbonyl (C=O) groups excluding carboxylic acids is 1. The highest BCUT2D eigenvalue weighted by Crippen LogP contribution is 2.41. The smallest absolute Gasteiger partial charge is 0.241 e. The Balaban J connectivity index is 1.37. The number of likely N-dealkylation sites (tertiary alicyclic amines) is 1. The van der Waals surface area contributed by atoms with Gasteiger partial charge < -0.3 is 14.7 Å². The Labute approximate surface area is 232 Å². The van der Waals surface area contributed by atoms with E-state index in [-0.39, 0.29) is 23.7 Å². The van der Waals surface area contributed by atoms with E-state index in [1.54, 1.807) is 12.1 Å². The predicted octanol–water partition coefficient (Wildman–Crippen LogP) is 3.75. The molecule has 0 bridgehead atoms. The summed E-state index contributed by atoms with van der Waals surface area (Å²) in [5.74, 6) is 0.386. The summed E-state index contributed by atoms with van der Waals surface area (Å²) in [5, 5.41) is 10.1. The van der Waals surface area contributed by atoms with Gasteiger partial charge >= 0.3 is 0 Å². The van der Waals surface area contributed by atoms with E-state index in [1.807, 2.05) is 11.0 Å². The summed E-state index contributed by atoms with van der Waals surface area (Å²) < 4.78 is 19.1. The molecular formula is C31H43FN4O3. The summed E-state index contributed by atoms with van der Waals surface area (Å²) >= 11 is 0. The Morgan fingerprint density at radius 2 is 1.95 bits per heavy atom. The lowest BCUT2D eigenvalue weighted by atomic mass is 9.90. The van der Waals surface area contributed by atoms with Gasteiger partial charge in [0.1, 0.15) is 5.82 Å². The minimum absolute atomic E-state index is 0.0993. The highest BCUT2D eigenvalue weighted by molar-refractivity contribution is 5.97. The van der Waals surface area contributed by atoms with Crippen molar-refractivity contribution in [3.8, 4) is 0 Å². The van der Waals surface area contributed by atoms with Crippen LogP contribution in [0.4, 0.5) is 10.1 Å². The zero-order valence-electron chi connectivity index (χ0n) is 23.8. The number of aliphatic hydroxyl groups is 1. The molecule has 0 unspecified atom stereocenters. The second kappa shape index (κ2) is 11.6. The van der Waals surface area contributed by atoms with Crippen LogP contribution in [0.2, 0.25) is 0 Å². The number of nitrogens with zero attached hydrogens (tertiary/aromatic N) is 4. The average molecular weight is 539 g/mol. The molecule has 39 heavy (non-hydrogen) atoms. The number of hydrogen-bond acceptors (Lipinski definition) is 6. The molecule has 3 aliphatic rings. The van der Waals surface area contributed by atoms with Crippen LogP contribution in [0.5, 0.6) is 0 Å². The molecule has 0 saturated carbocycles. The first-order chi connectivity index (χ1) is 18.6. The number of aliphatic hydroxyl groups excluding tert-OH is 1. The second-order valence-electron chi connectivity index (χ2n) is 12.5. The number of morpholine rings is 1. The van der Waals surface area contributed by atoms with Gasteiger partial charge in [-0.1, -0.05) is 32.9 Å². The number of ether oxygens (including phenoxy) is 1. The summed E-state index contributed by atoms with van der Waals surface area (Å²) in [4.78, 5) is 25.7. The third-order valence-corrected chi connectivity index (χ3v) is 8.76. The van der Waals surface area contributed by atoms with Crippen LogP contribution >= 0.6 is 0 Å². The van der Waals surface area contributed by atoms with E-state index >= 15 is 0 Å². The molecule has 7 nitrogen and oxygen atoms in total. The monoisotopic (exact) mass is 538 g/mol. The Bertz CT molecular complexity index is 1170. The molecule has 2 saturated heterocycles. The van der Waals surface area contributed by atoms with Crippen LogP contribution in [0.15, 0.2) is 30.3 Å². The molecular weight excluding hydrogens is 495 g/mol. The maximum Gasteiger partial charge on any atom is 0.241 e. The van der Waals surface area contributed by atoms with E-state index in [1.165, 1.54) is 18.6 Å². The number of pyridine rings is 1. The molecule has 5 rings (SSSR count). The number of piperidine rings is 1. The number of benzene rings is 1. The van der Waals surface area contributed by atoms with E-state index in [0.29, 0.717) is 43.2 Å². The van der Waals surface area contributed by atoms with Crippen molar-refractivity contribution in [1.82, 2.24) is 14.8 Å². The van der Waals surface area contributed by atoms with Crippen LogP contribution in [-0.4, -0.2) is 83.8 Å². The molecule has 0 spiro atoms. The summed E-state index contributed by atoms with van der Waals surface area (Å²) in [6.07, 6.45) is 2.81. The zero-order valence-corrected chi connectivity index (χ0v) is 23.8. The number of carbonyl (C=O) groups is 1. The fraction of sp³-hybridized carbons (Fsp3) is 0.613. The molecule has 2 fully saturated rings. The molecule has 8 heteroatoms. The largest absolute Gasteiger partial charge is 0.390 e. The number of aromatic nitrogens is 1. The SMILES string of the molecule is C[C@@H]1CC[C@H](CN2CCOC[C@H]2C)N(CC(=O)N2CC(C)(C)c3nc(CO)c(Cc4ccc(F)cc4)cc32)C1. The molecule has 0 aliphatic carbocycles.